The van der Waals surface area contributed by atoms with Gasteiger partial charge in [0.15, 0.2) is 0 Å². The summed E-state index contributed by atoms with van der Waals surface area (Å²) in [6.45, 7) is 11.4. The lowest BCUT2D eigenvalue weighted by molar-refractivity contribution is -0.129. The molecular formula is C27H41N3O2. The van der Waals surface area contributed by atoms with Gasteiger partial charge < -0.3 is 0 Å². The van der Waals surface area contributed by atoms with Crippen molar-refractivity contribution < 1.29 is 9.59 Å². The summed E-state index contributed by atoms with van der Waals surface area (Å²) in [5.74, 6) is 3.29. The third kappa shape index (κ3) is 3.25. The van der Waals surface area contributed by atoms with E-state index in [2.05, 4.69) is 39.1 Å². The quantitative estimate of drug-likeness (QED) is 0.679. The molecule has 4 fully saturated rings. The Morgan fingerprint density at radius 1 is 1.12 bits per heavy atom. The second-order valence-electron chi connectivity index (χ2n) is 12.2. The minimum atomic E-state index is -0.113. The number of hydrogen-bond donors (Lipinski definition) is 1. The van der Waals surface area contributed by atoms with Crippen LogP contribution < -0.4 is 5.32 Å². The van der Waals surface area contributed by atoms with E-state index in [1.165, 1.54) is 25.7 Å². The number of ketones is 1. The van der Waals surface area contributed by atoms with Gasteiger partial charge in [-0.25, -0.2) is 5.01 Å². The van der Waals surface area contributed by atoms with Crippen LogP contribution in [0.5, 0.6) is 0 Å². The number of hydrogen-bond acceptors (Lipinski definition) is 4. The highest BCUT2D eigenvalue weighted by molar-refractivity contribution is 5.98. The number of allylic oxidation sites excluding steroid dienone is 2. The Morgan fingerprint density at radius 2 is 1.91 bits per heavy atom. The summed E-state index contributed by atoms with van der Waals surface area (Å²) in [5, 5.41) is 9.75. The first kappa shape index (κ1) is 22.3. The predicted octanol–water partition coefficient (Wildman–Crippen LogP) is 4.92. The Labute approximate surface area is 193 Å². The van der Waals surface area contributed by atoms with Crippen LogP contribution in [-0.2, 0) is 9.59 Å². The van der Waals surface area contributed by atoms with Crippen LogP contribution in [-0.4, -0.2) is 35.1 Å². The second-order valence-corrected chi connectivity index (χ2v) is 12.2. The van der Waals surface area contributed by atoms with Crippen LogP contribution in [0, 0.1) is 40.4 Å². The molecule has 5 heteroatoms. The van der Waals surface area contributed by atoms with E-state index in [1.807, 2.05) is 6.92 Å². The van der Waals surface area contributed by atoms with Crippen molar-refractivity contribution in [2.45, 2.75) is 92.0 Å². The van der Waals surface area contributed by atoms with Gasteiger partial charge in [0.2, 0.25) is 0 Å². The minimum absolute atomic E-state index is 0.107. The molecule has 3 saturated carbocycles. The van der Waals surface area contributed by atoms with Crippen LogP contribution in [0.1, 0.15) is 86.0 Å². The van der Waals surface area contributed by atoms with Crippen LogP contribution in [0.4, 0.5) is 0 Å². The Kier molecular flexibility index (Phi) is 5.43. The van der Waals surface area contributed by atoms with Gasteiger partial charge in [0.25, 0.3) is 5.91 Å². The molecule has 176 valence electrons. The molecule has 5 rings (SSSR count). The van der Waals surface area contributed by atoms with Crippen molar-refractivity contribution in [1.29, 1.82) is 0 Å². The van der Waals surface area contributed by atoms with Crippen LogP contribution in [0.2, 0.25) is 0 Å². The van der Waals surface area contributed by atoms with E-state index < -0.39 is 0 Å². The topological polar surface area (TPSA) is 61.8 Å². The van der Waals surface area contributed by atoms with Gasteiger partial charge in [-0.05, 0) is 98.9 Å². The highest BCUT2D eigenvalue weighted by Gasteiger charge is 2.59. The molecule has 1 heterocycles. The van der Waals surface area contributed by atoms with Crippen LogP contribution in [0.25, 0.3) is 0 Å². The fourth-order valence-electron chi connectivity index (χ4n) is 8.59. The largest absolute Gasteiger partial charge is 0.300 e. The number of carbonyl (C=O) groups excluding carboxylic acids is 2. The zero-order valence-corrected chi connectivity index (χ0v) is 20.6. The summed E-state index contributed by atoms with van der Waals surface area (Å²) >= 11 is 0. The van der Waals surface area contributed by atoms with Crippen LogP contribution >= 0.6 is 0 Å². The molecule has 0 aromatic rings. The molecule has 0 aromatic heterocycles. The maximum Gasteiger partial charge on any atom is 0.261 e. The molecular weight excluding hydrogens is 398 g/mol. The lowest BCUT2D eigenvalue weighted by atomic mass is 9.46. The molecule has 0 radical (unpaired) electrons. The second kappa shape index (κ2) is 7.78. The SMILES string of the molecule is CC(=O)[C@H]1CC[C@H]2[C@@H]3CCC4=C/C(=N/N5CN[C@@H](C(C)C)C5=O)CC[C@]4(C)[C@H]3CC[C@]12C. The summed E-state index contributed by atoms with van der Waals surface area (Å²) < 4.78 is 0. The third-order valence-electron chi connectivity index (χ3n) is 10.4. The Hall–Kier alpha value is -1.49. The van der Waals surface area contributed by atoms with E-state index in [4.69, 9.17) is 5.10 Å². The average Bonchev–Trinajstić information content (AvgIpc) is 3.28. The smallest absolute Gasteiger partial charge is 0.261 e. The van der Waals surface area contributed by atoms with Crippen molar-refractivity contribution in [1.82, 2.24) is 10.3 Å². The van der Waals surface area contributed by atoms with Crippen molar-refractivity contribution in [3.8, 4) is 0 Å². The number of amides is 1. The monoisotopic (exact) mass is 439 g/mol. The molecule has 5 nitrogen and oxygen atoms in total. The Bertz CT molecular complexity index is 876. The van der Waals surface area contributed by atoms with E-state index >= 15 is 0 Å². The summed E-state index contributed by atoms with van der Waals surface area (Å²) in [6.07, 6.45) is 11.6. The minimum Gasteiger partial charge on any atom is -0.300 e. The van der Waals surface area contributed by atoms with Crippen molar-refractivity contribution in [2.75, 3.05) is 6.67 Å². The predicted molar refractivity (Wildman–Crippen MR) is 127 cm³/mol. The van der Waals surface area contributed by atoms with Crippen molar-refractivity contribution in [2.24, 2.45) is 45.5 Å². The Morgan fingerprint density at radius 3 is 2.59 bits per heavy atom. The zero-order chi connectivity index (χ0) is 22.8. The summed E-state index contributed by atoms with van der Waals surface area (Å²) in [4.78, 5) is 25.0. The first-order chi connectivity index (χ1) is 15.1. The molecule has 7 atom stereocenters. The molecule has 1 N–H and O–H groups in total. The number of fused-ring (bicyclic) bond motifs is 5. The molecule has 4 aliphatic carbocycles. The first-order valence-corrected chi connectivity index (χ1v) is 13.0. The molecule has 1 aliphatic heterocycles. The standard InChI is InChI=1S/C27H41N3O2/c1-16(2)24-25(32)30(15-28-24)29-19-10-12-26(4)18(14-19)6-7-20-22-9-8-21(17(3)31)27(22,5)13-11-23(20)26/h14,16,20-24,28H,6-13,15H2,1-5H3/b29-19+/t20-,21+,22-,23-,24-,26-,27+/m0/s1. The van der Waals surface area contributed by atoms with Gasteiger partial charge in [0.1, 0.15) is 5.78 Å². The lowest BCUT2D eigenvalue weighted by Crippen LogP contribution is -2.51. The number of nitrogens with one attached hydrogen (secondary N) is 1. The molecule has 0 spiro atoms. The lowest BCUT2D eigenvalue weighted by Gasteiger charge is -2.58. The fourth-order valence-corrected chi connectivity index (χ4v) is 8.59. The molecule has 0 bridgehead atoms. The molecule has 0 unspecified atom stereocenters. The van der Waals surface area contributed by atoms with Gasteiger partial charge in [-0.2, -0.15) is 5.10 Å². The van der Waals surface area contributed by atoms with E-state index in [9.17, 15) is 9.59 Å². The molecule has 5 aliphatic rings. The number of rotatable bonds is 3. The fraction of sp³-hybridized carbons (Fsp3) is 0.815. The van der Waals surface area contributed by atoms with E-state index in [-0.39, 0.29) is 34.6 Å². The van der Waals surface area contributed by atoms with Crippen molar-refractivity contribution >= 4 is 17.4 Å². The maximum absolute atomic E-state index is 12.7. The number of Topliss-reactive ketones (excluding diaryl/α,β-unsaturated/α-hetero) is 1. The average molecular weight is 440 g/mol. The number of carbonyl (C=O) groups is 2. The van der Waals surface area contributed by atoms with Gasteiger partial charge in [0.05, 0.1) is 18.4 Å². The third-order valence-corrected chi connectivity index (χ3v) is 10.4. The van der Waals surface area contributed by atoms with E-state index in [0.717, 1.165) is 43.2 Å². The van der Waals surface area contributed by atoms with E-state index in [0.29, 0.717) is 18.4 Å². The van der Waals surface area contributed by atoms with Gasteiger partial charge in [-0.15, -0.1) is 0 Å². The molecule has 0 aromatic carbocycles. The van der Waals surface area contributed by atoms with Gasteiger partial charge in [-0.3, -0.25) is 14.9 Å². The van der Waals surface area contributed by atoms with Crippen molar-refractivity contribution in [3.05, 3.63) is 11.6 Å². The highest BCUT2D eigenvalue weighted by atomic mass is 16.2. The summed E-state index contributed by atoms with van der Waals surface area (Å²) in [6, 6.07) is -0.113. The maximum atomic E-state index is 12.7. The van der Waals surface area contributed by atoms with Crippen LogP contribution in [0.3, 0.4) is 0 Å². The van der Waals surface area contributed by atoms with Crippen LogP contribution in [0.15, 0.2) is 16.8 Å². The first-order valence-electron chi connectivity index (χ1n) is 13.0. The van der Waals surface area contributed by atoms with Gasteiger partial charge >= 0.3 is 0 Å². The van der Waals surface area contributed by atoms with Gasteiger partial charge in [-0.1, -0.05) is 33.3 Å². The van der Waals surface area contributed by atoms with Gasteiger partial charge in [0, 0.05) is 5.92 Å². The van der Waals surface area contributed by atoms with E-state index in [1.54, 1.807) is 10.6 Å². The number of nitrogens with zero attached hydrogens (tertiary/aromatic N) is 2. The zero-order valence-electron chi connectivity index (χ0n) is 20.6. The summed E-state index contributed by atoms with van der Waals surface area (Å²) in [7, 11) is 0. The van der Waals surface area contributed by atoms with Crippen molar-refractivity contribution in [3.63, 3.8) is 0 Å². The Balaban J connectivity index is 1.36. The summed E-state index contributed by atoms with van der Waals surface area (Å²) in [5.41, 5.74) is 3.12. The molecule has 32 heavy (non-hydrogen) atoms. The molecule has 1 saturated heterocycles. The highest BCUT2D eigenvalue weighted by Crippen LogP contribution is 2.66. The number of hydrazone groups is 1. The normalized spacial score (nSPS) is 45.0. The molecule has 1 amide bonds.